The molecule has 0 saturated heterocycles. The SMILES string of the molecule is Cn1cnc(Br)c1-c1ccc(F)c(Cl)c1. The molecule has 0 bridgehead atoms. The van der Waals surface area contributed by atoms with E-state index in [1.54, 1.807) is 18.5 Å². The summed E-state index contributed by atoms with van der Waals surface area (Å²) in [5, 5.41) is 0.112. The van der Waals surface area contributed by atoms with Crippen LogP contribution in [0.15, 0.2) is 29.1 Å². The Kier molecular flexibility index (Phi) is 2.80. The summed E-state index contributed by atoms with van der Waals surface area (Å²) in [5.41, 5.74) is 1.70. The lowest BCUT2D eigenvalue weighted by Crippen LogP contribution is -1.90. The lowest BCUT2D eigenvalue weighted by atomic mass is 10.1. The molecule has 0 amide bonds. The van der Waals surface area contributed by atoms with Gasteiger partial charge in [0.25, 0.3) is 0 Å². The third-order valence-electron chi connectivity index (χ3n) is 2.09. The predicted octanol–water partition coefficient (Wildman–Crippen LogP) is 3.64. The van der Waals surface area contributed by atoms with E-state index in [-0.39, 0.29) is 5.02 Å². The molecule has 0 radical (unpaired) electrons. The van der Waals surface area contributed by atoms with Gasteiger partial charge in [0, 0.05) is 12.6 Å². The molecule has 1 heterocycles. The second-order valence-corrected chi connectivity index (χ2v) is 4.28. The van der Waals surface area contributed by atoms with Crippen molar-refractivity contribution in [1.29, 1.82) is 0 Å². The van der Waals surface area contributed by atoms with Crippen molar-refractivity contribution < 1.29 is 4.39 Å². The van der Waals surface area contributed by atoms with Crippen molar-refractivity contribution in [2.45, 2.75) is 0 Å². The normalized spacial score (nSPS) is 10.7. The van der Waals surface area contributed by atoms with Gasteiger partial charge in [0.1, 0.15) is 10.4 Å². The van der Waals surface area contributed by atoms with Crippen LogP contribution in [0.5, 0.6) is 0 Å². The highest BCUT2D eigenvalue weighted by Gasteiger charge is 2.10. The fourth-order valence-electron chi connectivity index (χ4n) is 1.37. The highest BCUT2D eigenvalue weighted by molar-refractivity contribution is 9.10. The van der Waals surface area contributed by atoms with Gasteiger partial charge in [-0.3, -0.25) is 0 Å². The predicted molar refractivity (Wildman–Crippen MR) is 61.3 cm³/mol. The highest BCUT2D eigenvalue weighted by Crippen LogP contribution is 2.29. The minimum Gasteiger partial charge on any atom is -0.333 e. The Balaban J connectivity index is 2.59. The molecule has 78 valence electrons. The maximum Gasteiger partial charge on any atom is 0.141 e. The number of imidazole rings is 1. The molecule has 0 aliphatic rings. The van der Waals surface area contributed by atoms with Crippen molar-refractivity contribution in [3.8, 4) is 11.3 Å². The lowest BCUT2D eigenvalue weighted by Gasteiger charge is -2.04. The van der Waals surface area contributed by atoms with Crippen molar-refractivity contribution in [1.82, 2.24) is 9.55 Å². The first-order valence-corrected chi connectivity index (χ1v) is 5.39. The van der Waals surface area contributed by atoms with Gasteiger partial charge in [0.15, 0.2) is 0 Å². The fraction of sp³-hybridized carbons (Fsp3) is 0.100. The van der Waals surface area contributed by atoms with Crippen molar-refractivity contribution >= 4 is 27.5 Å². The summed E-state index contributed by atoms with van der Waals surface area (Å²) >= 11 is 9.04. The molecular formula is C10H7BrClFN2. The lowest BCUT2D eigenvalue weighted by molar-refractivity contribution is 0.628. The molecule has 0 aliphatic carbocycles. The topological polar surface area (TPSA) is 17.8 Å². The van der Waals surface area contributed by atoms with Gasteiger partial charge < -0.3 is 4.57 Å². The van der Waals surface area contributed by atoms with Crippen molar-refractivity contribution in [2.24, 2.45) is 7.05 Å². The molecule has 2 rings (SSSR count). The molecule has 0 unspecified atom stereocenters. The van der Waals surface area contributed by atoms with Crippen molar-refractivity contribution in [3.05, 3.63) is 40.0 Å². The van der Waals surface area contributed by atoms with Crippen LogP contribution in [-0.2, 0) is 7.05 Å². The van der Waals surface area contributed by atoms with E-state index in [2.05, 4.69) is 20.9 Å². The molecule has 0 aliphatic heterocycles. The largest absolute Gasteiger partial charge is 0.333 e. The molecular weight excluding hydrogens is 282 g/mol. The van der Waals surface area contributed by atoms with E-state index in [1.165, 1.54) is 6.07 Å². The Bertz CT molecular complexity index is 491. The second kappa shape index (κ2) is 3.94. The van der Waals surface area contributed by atoms with Crippen LogP contribution in [0, 0.1) is 5.82 Å². The zero-order chi connectivity index (χ0) is 11.0. The summed E-state index contributed by atoms with van der Waals surface area (Å²) in [6.07, 6.45) is 1.68. The molecule has 0 saturated carbocycles. The summed E-state index contributed by atoms with van der Waals surface area (Å²) < 4.78 is 15.5. The maximum absolute atomic E-state index is 13.0. The van der Waals surface area contributed by atoms with Gasteiger partial charge in [-0.05, 0) is 34.1 Å². The van der Waals surface area contributed by atoms with Crippen LogP contribution in [-0.4, -0.2) is 9.55 Å². The smallest absolute Gasteiger partial charge is 0.141 e. The minimum absolute atomic E-state index is 0.112. The third-order valence-corrected chi connectivity index (χ3v) is 2.96. The Hall–Kier alpha value is -0.870. The monoisotopic (exact) mass is 288 g/mol. The molecule has 5 heteroatoms. The summed E-state index contributed by atoms with van der Waals surface area (Å²) in [6, 6.07) is 4.60. The van der Waals surface area contributed by atoms with Crippen LogP contribution in [0.2, 0.25) is 5.02 Å². The van der Waals surface area contributed by atoms with Crippen LogP contribution < -0.4 is 0 Å². The number of halogens is 3. The zero-order valence-electron chi connectivity index (χ0n) is 7.84. The van der Waals surface area contributed by atoms with Crippen LogP contribution in [0.1, 0.15) is 0 Å². The van der Waals surface area contributed by atoms with Crippen LogP contribution in [0.25, 0.3) is 11.3 Å². The molecule has 0 N–H and O–H groups in total. The average molecular weight is 290 g/mol. The first-order valence-electron chi connectivity index (χ1n) is 4.22. The first kappa shape index (κ1) is 10.6. The minimum atomic E-state index is -0.418. The van der Waals surface area contributed by atoms with Gasteiger partial charge in [-0.2, -0.15) is 0 Å². The molecule has 1 aromatic heterocycles. The molecule has 0 atom stereocenters. The van der Waals surface area contributed by atoms with Crippen LogP contribution in [0.3, 0.4) is 0 Å². The summed E-state index contributed by atoms with van der Waals surface area (Å²) in [4.78, 5) is 4.09. The molecule has 0 fully saturated rings. The standard InChI is InChI=1S/C10H7BrClFN2/c1-15-5-14-10(11)9(15)6-2-3-8(13)7(12)4-6/h2-5H,1H3. The molecule has 0 spiro atoms. The number of rotatable bonds is 1. The van der Waals surface area contributed by atoms with Crippen LogP contribution in [0.4, 0.5) is 4.39 Å². The quantitative estimate of drug-likeness (QED) is 0.783. The number of aryl methyl sites for hydroxylation is 1. The van der Waals surface area contributed by atoms with E-state index in [4.69, 9.17) is 11.6 Å². The zero-order valence-corrected chi connectivity index (χ0v) is 10.2. The highest BCUT2D eigenvalue weighted by atomic mass is 79.9. The Morgan fingerprint density at radius 3 is 2.73 bits per heavy atom. The molecule has 2 aromatic rings. The summed E-state index contributed by atoms with van der Waals surface area (Å²) in [7, 11) is 1.87. The Labute approximate surface area is 99.8 Å². The number of hydrogen-bond acceptors (Lipinski definition) is 1. The fourth-order valence-corrected chi connectivity index (χ4v) is 2.15. The number of nitrogens with zero attached hydrogens (tertiary/aromatic N) is 2. The van der Waals surface area contributed by atoms with E-state index in [9.17, 15) is 4.39 Å². The summed E-state index contributed by atoms with van der Waals surface area (Å²) in [6.45, 7) is 0. The van der Waals surface area contributed by atoms with Gasteiger partial charge in [-0.15, -0.1) is 0 Å². The molecule has 2 nitrogen and oxygen atoms in total. The molecule has 15 heavy (non-hydrogen) atoms. The number of hydrogen-bond donors (Lipinski definition) is 0. The van der Waals surface area contributed by atoms with E-state index in [1.807, 2.05) is 11.6 Å². The van der Waals surface area contributed by atoms with Gasteiger partial charge >= 0.3 is 0 Å². The first-order chi connectivity index (χ1) is 7.09. The van der Waals surface area contributed by atoms with Gasteiger partial charge in [-0.25, -0.2) is 9.37 Å². The Morgan fingerprint density at radius 1 is 1.47 bits per heavy atom. The van der Waals surface area contributed by atoms with E-state index >= 15 is 0 Å². The van der Waals surface area contributed by atoms with Crippen LogP contribution >= 0.6 is 27.5 Å². The van der Waals surface area contributed by atoms with Crippen molar-refractivity contribution in [3.63, 3.8) is 0 Å². The second-order valence-electron chi connectivity index (χ2n) is 3.12. The van der Waals surface area contributed by atoms with Crippen molar-refractivity contribution in [2.75, 3.05) is 0 Å². The number of aromatic nitrogens is 2. The number of benzene rings is 1. The Morgan fingerprint density at radius 2 is 2.20 bits per heavy atom. The summed E-state index contributed by atoms with van der Waals surface area (Å²) in [5.74, 6) is -0.418. The van der Waals surface area contributed by atoms with Gasteiger partial charge in [0.2, 0.25) is 0 Å². The third kappa shape index (κ3) is 1.92. The average Bonchev–Trinajstić information content (AvgIpc) is 2.52. The van der Waals surface area contributed by atoms with E-state index < -0.39 is 5.82 Å². The van der Waals surface area contributed by atoms with Gasteiger partial charge in [-0.1, -0.05) is 11.6 Å². The van der Waals surface area contributed by atoms with E-state index in [0.29, 0.717) is 4.60 Å². The maximum atomic E-state index is 13.0. The van der Waals surface area contributed by atoms with Gasteiger partial charge in [0.05, 0.1) is 17.0 Å². The molecule has 1 aromatic carbocycles. The van der Waals surface area contributed by atoms with E-state index in [0.717, 1.165) is 11.3 Å².